The summed E-state index contributed by atoms with van der Waals surface area (Å²) in [6.45, 7) is 8.42. The van der Waals surface area contributed by atoms with Crippen molar-refractivity contribution in [3.05, 3.63) is 46.7 Å². The minimum Gasteiger partial charge on any atom is -0.327 e. The fraction of sp³-hybridized carbons (Fsp3) is 0.474. The first kappa shape index (κ1) is 15.8. The molecule has 2 amide bonds. The number of rotatable bonds is 2. The molecule has 0 unspecified atom stereocenters. The lowest BCUT2D eigenvalue weighted by Crippen LogP contribution is -2.48. The Kier molecular flexibility index (Phi) is 3.78. The van der Waals surface area contributed by atoms with Crippen LogP contribution in [0.1, 0.15) is 63.6 Å². The van der Waals surface area contributed by atoms with Crippen molar-refractivity contribution < 1.29 is 9.59 Å². The van der Waals surface area contributed by atoms with E-state index in [1.54, 1.807) is 0 Å². The predicted octanol–water partition coefficient (Wildman–Crippen LogP) is 3.81. The predicted molar refractivity (Wildman–Crippen MR) is 90.0 cm³/mol. The maximum atomic E-state index is 12.7. The third-order valence-electron chi connectivity index (χ3n) is 4.68. The molecule has 0 bridgehead atoms. The Bertz CT molecular complexity index is 684. The third-order valence-corrected chi connectivity index (χ3v) is 4.68. The van der Waals surface area contributed by atoms with Gasteiger partial charge in [-0.05, 0) is 28.9 Å². The Hall–Kier alpha value is -2.10. The van der Waals surface area contributed by atoms with Gasteiger partial charge in [0.25, 0.3) is 0 Å². The molecule has 1 aromatic carbocycles. The van der Waals surface area contributed by atoms with Gasteiger partial charge in [0.15, 0.2) is 5.78 Å². The molecule has 0 aromatic heterocycles. The first-order valence-corrected chi connectivity index (χ1v) is 8.20. The lowest BCUT2D eigenvalue weighted by molar-refractivity contribution is -0.118. The molecule has 4 nitrogen and oxygen atoms in total. The van der Waals surface area contributed by atoms with Crippen molar-refractivity contribution in [3.63, 3.8) is 0 Å². The summed E-state index contributed by atoms with van der Waals surface area (Å²) in [5, 5.41) is 5.75. The highest BCUT2D eigenvalue weighted by atomic mass is 16.2. The maximum Gasteiger partial charge on any atom is 0.319 e. The molecule has 1 atom stereocenters. The summed E-state index contributed by atoms with van der Waals surface area (Å²) in [6.07, 6.45) is 1.24. The molecule has 23 heavy (non-hydrogen) atoms. The van der Waals surface area contributed by atoms with Crippen molar-refractivity contribution in [2.45, 2.75) is 52.5 Å². The van der Waals surface area contributed by atoms with E-state index in [0.29, 0.717) is 12.3 Å². The molecular formula is C19H24N2O2. The molecule has 1 aliphatic heterocycles. The second-order valence-electron chi connectivity index (χ2n) is 7.69. The van der Waals surface area contributed by atoms with Crippen LogP contribution in [0, 0.1) is 5.41 Å². The molecule has 2 N–H and O–H groups in total. The standard InChI is InChI=1S/C19H24N2O2/c1-11(2)12-5-7-13(8-6-12)17-16-14(20-18(23)21-17)9-19(3,4)10-15(16)22/h5-8,11,17H,9-10H2,1-4H3,(H2,20,21,23)/t17-/m0/s1. The Morgan fingerprint density at radius 1 is 1.09 bits per heavy atom. The lowest BCUT2D eigenvalue weighted by Gasteiger charge is -2.38. The van der Waals surface area contributed by atoms with Crippen molar-refractivity contribution in [2.24, 2.45) is 5.41 Å². The van der Waals surface area contributed by atoms with Gasteiger partial charge in [0.1, 0.15) is 0 Å². The summed E-state index contributed by atoms with van der Waals surface area (Å²) >= 11 is 0. The van der Waals surface area contributed by atoms with Crippen LogP contribution in [0.25, 0.3) is 0 Å². The van der Waals surface area contributed by atoms with Gasteiger partial charge in [0.2, 0.25) is 0 Å². The van der Waals surface area contributed by atoms with Gasteiger partial charge in [-0.3, -0.25) is 4.79 Å². The molecule has 4 heteroatoms. The molecular weight excluding hydrogens is 288 g/mol. The zero-order valence-corrected chi connectivity index (χ0v) is 14.2. The SMILES string of the molecule is CC(C)c1ccc([C@@H]2NC(=O)NC3=C2C(=O)CC(C)(C)C3)cc1. The number of ketones is 1. The average molecular weight is 312 g/mol. The van der Waals surface area contributed by atoms with Crippen LogP contribution in [0.5, 0.6) is 0 Å². The van der Waals surface area contributed by atoms with Gasteiger partial charge in [-0.15, -0.1) is 0 Å². The number of nitrogens with one attached hydrogen (secondary N) is 2. The zero-order valence-electron chi connectivity index (χ0n) is 14.2. The summed E-state index contributed by atoms with van der Waals surface area (Å²) < 4.78 is 0. The molecule has 0 radical (unpaired) electrons. The van der Waals surface area contributed by atoms with E-state index in [9.17, 15) is 9.59 Å². The van der Waals surface area contributed by atoms with Crippen LogP contribution in [0.2, 0.25) is 0 Å². The minimum atomic E-state index is -0.344. The first-order chi connectivity index (χ1) is 10.8. The van der Waals surface area contributed by atoms with Gasteiger partial charge >= 0.3 is 6.03 Å². The number of allylic oxidation sites excluding steroid dienone is 1. The molecule has 1 aromatic rings. The molecule has 122 valence electrons. The zero-order chi connectivity index (χ0) is 16.8. The number of carbonyl (C=O) groups is 2. The van der Waals surface area contributed by atoms with Gasteiger partial charge in [0, 0.05) is 17.7 Å². The fourth-order valence-corrected chi connectivity index (χ4v) is 3.48. The molecule has 3 rings (SSSR count). The Labute approximate surface area is 137 Å². The molecule has 1 aliphatic carbocycles. The molecule has 0 saturated carbocycles. The highest BCUT2D eigenvalue weighted by Gasteiger charge is 2.40. The number of benzene rings is 1. The van der Waals surface area contributed by atoms with Gasteiger partial charge in [0.05, 0.1) is 6.04 Å². The van der Waals surface area contributed by atoms with Crippen molar-refractivity contribution >= 4 is 11.8 Å². The van der Waals surface area contributed by atoms with Crippen molar-refractivity contribution in [2.75, 3.05) is 0 Å². The number of Topliss-reactive ketones (excluding diaryl/α,β-unsaturated/α-hetero) is 1. The number of carbonyl (C=O) groups excluding carboxylic acids is 2. The van der Waals surface area contributed by atoms with E-state index in [2.05, 4.69) is 50.5 Å². The monoisotopic (exact) mass is 312 g/mol. The van der Waals surface area contributed by atoms with E-state index in [4.69, 9.17) is 0 Å². The smallest absolute Gasteiger partial charge is 0.319 e. The number of urea groups is 1. The summed E-state index contributed by atoms with van der Waals surface area (Å²) in [5.74, 6) is 0.584. The van der Waals surface area contributed by atoms with Crippen molar-refractivity contribution in [1.29, 1.82) is 0 Å². The summed E-state index contributed by atoms with van der Waals surface area (Å²) in [7, 11) is 0. The van der Waals surface area contributed by atoms with E-state index in [1.165, 1.54) is 5.56 Å². The fourth-order valence-electron chi connectivity index (χ4n) is 3.48. The van der Waals surface area contributed by atoms with Crippen LogP contribution >= 0.6 is 0 Å². The molecule has 1 heterocycles. The highest BCUT2D eigenvalue weighted by Crippen LogP contribution is 2.41. The van der Waals surface area contributed by atoms with E-state index in [1.807, 2.05) is 12.1 Å². The van der Waals surface area contributed by atoms with Crippen LogP contribution in [-0.2, 0) is 4.79 Å². The number of amides is 2. The van der Waals surface area contributed by atoms with Gasteiger partial charge < -0.3 is 10.6 Å². The van der Waals surface area contributed by atoms with Crippen LogP contribution in [0.15, 0.2) is 35.5 Å². The average Bonchev–Trinajstić information content (AvgIpc) is 2.44. The van der Waals surface area contributed by atoms with E-state index < -0.39 is 0 Å². The normalized spacial score (nSPS) is 23.4. The molecule has 0 saturated heterocycles. The van der Waals surface area contributed by atoms with Crippen molar-refractivity contribution in [1.82, 2.24) is 10.6 Å². The van der Waals surface area contributed by atoms with Crippen LogP contribution < -0.4 is 10.6 Å². The second-order valence-corrected chi connectivity index (χ2v) is 7.69. The van der Waals surface area contributed by atoms with Crippen LogP contribution in [-0.4, -0.2) is 11.8 Å². The Balaban J connectivity index is 2.01. The topological polar surface area (TPSA) is 58.2 Å². The Morgan fingerprint density at radius 2 is 1.74 bits per heavy atom. The van der Waals surface area contributed by atoms with Gasteiger partial charge in [-0.1, -0.05) is 52.0 Å². The quantitative estimate of drug-likeness (QED) is 0.872. The van der Waals surface area contributed by atoms with Gasteiger partial charge in [-0.2, -0.15) is 0 Å². The second kappa shape index (κ2) is 5.52. The number of hydrogen-bond donors (Lipinski definition) is 2. The van der Waals surface area contributed by atoms with Crippen molar-refractivity contribution in [3.8, 4) is 0 Å². The van der Waals surface area contributed by atoms with E-state index in [-0.39, 0.29) is 23.3 Å². The third kappa shape index (κ3) is 3.03. The van der Waals surface area contributed by atoms with Crippen LogP contribution in [0.4, 0.5) is 4.79 Å². The van der Waals surface area contributed by atoms with Gasteiger partial charge in [-0.25, -0.2) is 4.79 Å². The lowest BCUT2D eigenvalue weighted by atomic mass is 9.73. The first-order valence-electron chi connectivity index (χ1n) is 8.20. The summed E-state index contributed by atoms with van der Waals surface area (Å²) in [6, 6.07) is 7.61. The molecule has 2 aliphatic rings. The maximum absolute atomic E-state index is 12.7. The van der Waals surface area contributed by atoms with E-state index in [0.717, 1.165) is 23.3 Å². The minimum absolute atomic E-state index is 0.105. The molecule has 0 fully saturated rings. The number of hydrogen-bond acceptors (Lipinski definition) is 2. The molecule has 0 spiro atoms. The largest absolute Gasteiger partial charge is 0.327 e. The summed E-state index contributed by atoms with van der Waals surface area (Å²) in [5.41, 5.74) is 3.62. The summed E-state index contributed by atoms with van der Waals surface area (Å²) in [4.78, 5) is 24.7. The van der Waals surface area contributed by atoms with E-state index >= 15 is 0 Å². The Morgan fingerprint density at radius 3 is 2.35 bits per heavy atom. The van der Waals surface area contributed by atoms with Crippen LogP contribution in [0.3, 0.4) is 0 Å². The highest BCUT2D eigenvalue weighted by molar-refractivity contribution is 6.01.